The Balaban J connectivity index is 1.82. The molecule has 3 rings (SSSR count). The largest absolute Gasteiger partial charge is 0.351 e. The Hall–Kier alpha value is -2.62. The predicted molar refractivity (Wildman–Crippen MR) is 78.3 cm³/mol. The molecule has 0 saturated heterocycles. The minimum absolute atomic E-state index is 0.0568. The van der Waals surface area contributed by atoms with Crippen molar-refractivity contribution in [3.05, 3.63) is 66.1 Å². The molecule has 1 amide bonds. The van der Waals surface area contributed by atoms with Gasteiger partial charge >= 0.3 is 0 Å². The molecule has 0 radical (unpaired) electrons. The number of aryl methyl sites for hydroxylation is 1. The average molecular weight is 265 g/mol. The van der Waals surface area contributed by atoms with Crippen molar-refractivity contribution in [3.8, 4) is 0 Å². The maximum Gasteiger partial charge on any atom is 0.252 e. The number of rotatable bonds is 3. The topological polar surface area (TPSA) is 46.9 Å². The van der Waals surface area contributed by atoms with Gasteiger partial charge in [0, 0.05) is 48.6 Å². The van der Waals surface area contributed by atoms with E-state index in [2.05, 4.69) is 10.3 Å². The fourth-order valence-electron chi connectivity index (χ4n) is 2.28. The second-order valence-corrected chi connectivity index (χ2v) is 4.70. The van der Waals surface area contributed by atoms with Gasteiger partial charge in [-0.25, -0.2) is 0 Å². The molecule has 3 aromatic rings. The van der Waals surface area contributed by atoms with E-state index in [9.17, 15) is 4.79 Å². The van der Waals surface area contributed by atoms with Gasteiger partial charge in [0.25, 0.3) is 5.91 Å². The van der Waals surface area contributed by atoms with Crippen LogP contribution >= 0.6 is 0 Å². The van der Waals surface area contributed by atoms with Gasteiger partial charge in [0.1, 0.15) is 0 Å². The molecule has 4 nitrogen and oxygen atoms in total. The summed E-state index contributed by atoms with van der Waals surface area (Å²) < 4.78 is 2.01. The molecule has 100 valence electrons. The summed E-state index contributed by atoms with van der Waals surface area (Å²) in [6.07, 6.45) is 5.41. The SMILES string of the molecule is Cn1ccc2c(C(=O)NCc3ccncc3)cccc21. The van der Waals surface area contributed by atoms with E-state index < -0.39 is 0 Å². The Kier molecular flexibility index (Phi) is 3.21. The van der Waals surface area contributed by atoms with Crippen molar-refractivity contribution in [2.45, 2.75) is 6.54 Å². The van der Waals surface area contributed by atoms with Gasteiger partial charge in [-0.15, -0.1) is 0 Å². The van der Waals surface area contributed by atoms with E-state index in [1.165, 1.54) is 0 Å². The molecular formula is C16H15N3O. The van der Waals surface area contributed by atoms with Crippen molar-refractivity contribution in [1.29, 1.82) is 0 Å². The molecule has 0 saturated carbocycles. The van der Waals surface area contributed by atoms with Crippen molar-refractivity contribution < 1.29 is 4.79 Å². The third-order valence-electron chi connectivity index (χ3n) is 3.37. The summed E-state index contributed by atoms with van der Waals surface area (Å²) in [5.41, 5.74) is 2.80. The first kappa shape index (κ1) is 12.4. The summed E-state index contributed by atoms with van der Waals surface area (Å²) in [7, 11) is 1.97. The molecule has 0 unspecified atom stereocenters. The zero-order valence-electron chi connectivity index (χ0n) is 11.2. The van der Waals surface area contributed by atoms with Crippen LogP contribution in [-0.4, -0.2) is 15.5 Å². The van der Waals surface area contributed by atoms with Crippen LogP contribution < -0.4 is 5.32 Å². The summed E-state index contributed by atoms with van der Waals surface area (Å²) in [5.74, 6) is -0.0568. The molecule has 0 aliphatic carbocycles. The molecule has 1 N–H and O–H groups in total. The van der Waals surface area contributed by atoms with E-state index in [1.807, 2.05) is 54.2 Å². The van der Waals surface area contributed by atoms with Gasteiger partial charge in [-0.3, -0.25) is 9.78 Å². The summed E-state index contributed by atoms with van der Waals surface area (Å²) >= 11 is 0. The van der Waals surface area contributed by atoms with Crippen molar-refractivity contribution in [1.82, 2.24) is 14.9 Å². The minimum Gasteiger partial charge on any atom is -0.351 e. The molecule has 4 heteroatoms. The standard InChI is InChI=1S/C16H15N3O/c1-19-10-7-13-14(3-2-4-15(13)19)16(20)18-11-12-5-8-17-9-6-12/h2-10H,11H2,1H3,(H,18,20). The zero-order valence-corrected chi connectivity index (χ0v) is 11.2. The van der Waals surface area contributed by atoms with Crippen molar-refractivity contribution in [2.75, 3.05) is 0 Å². The Bertz CT molecular complexity index is 747. The van der Waals surface area contributed by atoms with Gasteiger partial charge in [-0.1, -0.05) is 6.07 Å². The number of benzene rings is 1. The quantitative estimate of drug-likeness (QED) is 0.791. The van der Waals surface area contributed by atoms with E-state index in [0.29, 0.717) is 12.1 Å². The van der Waals surface area contributed by atoms with E-state index in [-0.39, 0.29) is 5.91 Å². The maximum atomic E-state index is 12.3. The lowest BCUT2D eigenvalue weighted by Crippen LogP contribution is -2.22. The van der Waals surface area contributed by atoms with Crippen LogP contribution in [0.2, 0.25) is 0 Å². The molecule has 20 heavy (non-hydrogen) atoms. The summed E-state index contributed by atoms with van der Waals surface area (Å²) in [4.78, 5) is 16.3. The Morgan fingerprint density at radius 1 is 1.20 bits per heavy atom. The van der Waals surface area contributed by atoms with Crippen LogP contribution in [-0.2, 0) is 13.6 Å². The monoisotopic (exact) mass is 265 g/mol. The third kappa shape index (κ3) is 2.28. The number of nitrogens with one attached hydrogen (secondary N) is 1. The predicted octanol–water partition coefficient (Wildman–Crippen LogP) is 2.50. The summed E-state index contributed by atoms with van der Waals surface area (Å²) in [6, 6.07) is 11.5. The highest BCUT2D eigenvalue weighted by Crippen LogP contribution is 2.19. The lowest BCUT2D eigenvalue weighted by Gasteiger charge is -2.07. The summed E-state index contributed by atoms with van der Waals surface area (Å²) in [6.45, 7) is 0.505. The molecule has 1 aromatic carbocycles. The highest BCUT2D eigenvalue weighted by atomic mass is 16.1. The maximum absolute atomic E-state index is 12.3. The first-order valence-corrected chi connectivity index (χ1v) is 6.47. The number of carbonyl (C=O) groups is 1. The molecule has 0 bridgehead atoms. The number of fused-ring (bicyclic) bond motifs is 1. The fraction of sp³-hybridized carbons (Fsp3) is 0.125. The van der Waals surface area contributed by atoms with Gasteiger partial charge in [-0.05, 0) is 35.9 Å². The van der Waals surface area contributed by atoms with Crippen LogP contribution in [0.1, 0.15) is 15.9 Å². The van der Waals surface area contributed by atoms with Gasteiger partial charge in [0.05, 0.1) is 0 Å². The van der Waals surface area contributed by atoms with Gasteiger partial charge in [0.15, 0.2) is 0 Å². The van der Waals surface area contributed by atoms with Crippen LogP contribution in [0.25, 0.3) is 10.9 Å². The number of carbonyl (C=O) groups excluding carboxylic acids is 1. The molecule has 0 spiro atoms. The van der Waals surface area contributed by atoms with E-state index >= 15 is 0 Å². The first-order chi connectivity index (χ1) is 9.75. The fourth-order valence-corrected chi connectivity index (χ4v) is 2.28. The number of pyridine rings is 1. The van der Waals surface area contributed by atoms with E-state index in [1.54, 1.807) is 12.4 Å². The second kappa shape index (κ2) is 5.17. The van der Waals surface area contributed by atoms with Crippen molar-refractivity contribution >= 4 is 16.8 Å². The molecule has 0 atom stereocenters. The molecule has 0 aliphatic heterocycles. The van der Waals surface area contributed by atoms with Crippen LogP contribution in [0.4, 0.5) is 0 Å². The van der Waals surface area contributed by atoms with Crippen LogP contribution in [0, 0.1) is 0 Å². The van der Waals surface area contributed by atoms with Crippen LogP contribution in [0.15, 0.2) is 55.0 Å². The average Bonchev–Trinajstić information content (AvgIpc) is 2.87. The first-order valence-electron chi connectivity index (χ1n) is 6.47. The molecule has 2 heterocycles. The van der Waals surface area contributed by atoms with Crippen molar-refractivity contribution in [2.24, 2.45) is 7.05 Å². The summed E-state index contributed by atoms with van der Waals surface area (Å²) in [5, 5.41) is 3.91. The van der Waals surface area contributed by atoms with Crippen LogP contribution in [0.3, 0.4) is 0 Å². The van der Waals surface area contributed by atoms with Gasteiger partial charge in [-0.2, -0.15) is 0 Å². The highest BCUT2D eigenvalue weighted by Gasteiger charge is 2.10. The van der Waals surface area contributed by atoms with Gasteiger partial charge in [0.2, 0.25) is 0 Å². The minimum atomic E-state index is -0.0568. The number of hydrogen-bond acceptors (Lipinski definition) is 2. The normalized spacial score (nSPS) is 10.7. The lowest BCUT2D eigenvalue weighted by molar-refractivity contribution is 0.0952. The Morgan fingerprint density at radius 3 is 2.80 bits per heavy atom. The molecule has 0 fully saturated rings. The Morgan fingerprint density at radius 2 is 2.00 bits per heavy atom. The zero-order chi connectivity index (χ0) is 13.9. The van der Waals surface area contributed by atoms with E-state index in [0.717, 1.165) is 16.5 Å². The smallest absolute Gasteiger partial charge is 0.252 e. The number of nitrogens with zero attached hydrogens (tertiary/aromatic N) is 2. The lowest BCUT2D eigenvalue weighted by atomic mass is 10.1. The third-order valence-corrected chi connectivity index (χ3v) is 3.37. The molecule has 0 aliphatic rings. The molecule has 2 aromatic heterocycles. The van der Waals surface area contributed by atoms with Gasteiger partial charge < -0.3 is 9.88 Å². The number of aromatic nitrogens is 2. The number of amides is 1. The second-order valence-electron chi connectivity index (χ2n) is 4.70. The van der Waals surface area contributed by atoms with Crippen molar-refractivity contribution in [3.63, 3.8) is 0 Å². The van der Waals surface area contributed by atoms with Crippen LogP contribution in [0.5, 0.6) is 0 Å². The highest BCUT2D eigenvalue weighted by molar-refractivity contribution is 6.06. The number of hydrogen-bond donors (Lipinski definition) is 1. The molecular weight excluding hydrogens is 250 g/mol. The Labute approximate surface area is 117 Å². The van der Waals surface area contributed by atoms with E-state index in [4.69, 9.17) is 0 Å².